The molecule has 0 aliphatic rings. The van der Waals surface area contributed by atoms with Gasteiger partial charge in [0, 0.05) is 49.7 Å². The van der Waals surface area contributed by atoms with Crippen molar-refractivity contribution < 1.29 is 42.2 Å². The summed E-state index contributed by atoms with van der Waals surface area (Å²) in [7, 11) is 0. The number of nitrogens with zero attached hydrogens (tertiary/aromatic N) is 2. The first-order chi connectivity index (χ1) is 15.3. The Kier molecular flexibility index (Phi) is 10.0. The fraction of sp³-hybridized carbons (Fsp3) is 0.269. The molecule has 2 aromatic carbocycles. The monoisotopic (exact) mass is 535 g/mol. The van der Waals surface area contributed by atoms with Crippen molar-refractivity contribution in [2.75, 3.05) is 0 Å². The number of aromatic nitrogens is 1. The van der Waals surface area contributed by atoms with E-state index in [1.54, 1.807) is 32.0 Å². The summed E-state index contributed by atoms with van der Waals surface area (Å²) in [5.41, 5.74) is 1.52. The minimum atomic E-state index is -1.12. The van der Waals surface area contributed by atoms with E-state index in [9.17, 15) is 10.1 Å². The van der Waals surface area contributed by atoms with Crippen LogP contribution in [0.1, 0.15) is 43.4 Å². The molecule has 33 heavy (non-hydrogen) atoms. The average molecular weight is 536 g/mol. The zero-order chi connectivity index (χ0) is 23.1. The summed E-state index contributed by atoms with van der Waals surface area (Å²) < 4.78 is 5.82. The van der Waals surface area contributed by atoms with Crippen LogP contribution in [0.2, 0.25) is 5.02 Å². The van der Waals surface area contributed by atoms with Crippen molar-refractivity contribution in [2.45, 2.75) is 44.8 Å². The summed E-state index contributed by atoms with van der Waals surface area (Å²) in [6.07, 6.45) is 2.17. The third-order valence-electron chi connectivity index (χ3n) is 5.27. The number of rotatable bonds is 8. The van der Waals surface area contributed by atoms with Gasteiger partial charge in [-0.15, -0.1) is 6.07 Å². The van der Waals surface area contributed by atoms with Gasteiger partial charge in [0.25, 0.3) is 5.91 Å². The van der Waals surface area contributed by atoms with Crippen molar-refractivity contribution >= 4 is 17.5 Å². The Labute approximate surface area is 225 Å². The Morgan fingerprint density at radius 1 is 1.24 bits per heavy atom. The van der Waals surface area contributed by atoms with Crippen LogP contribution in [-0.2, 0) is 43.9 Å². The molecule has 2 unspecified atom stereocenters. The van der Waals surface area contributed by atoms with Crippen LogP contribution in [0.15, 0.2) is 66.9 Å². The molecule has 0 spiro atoms. The van der Waals surface area contributed by atoms with Gasteiger partial charge in [0.2, 0.25) is 0 Å². The van der Waals surface area contributed by atoms with Crippen LogP contribution >= 0.6 is 11.6 Å². The van der Waals surface area contributed by atoms with E-state index in [0.29, 0.717) is 22.9 Å². The van der Waals surface area contributed by atoms with E-state index in [1.807, 2.05) is 49.4 Å². The number of amides is 1. The second kappa shape index (κ2) is 12.3. The molecule has 1 aromatic heterocycles. The van der Waals surface area contributed by atoms with Gasteiger partial charge in [-0.3, -0.25) is 9.78 Å². The Hall–Kier alpha value is -2.26. The number of ether oxygens (including phenoxy) is 1. The van der Waals surface area contributed by atoms with Gasteiger partial charge in [-0.25, -0.2) is 12.1 Å². The minimum absolute atomic E-state index is 0. The second-order valence-electron chi connectivity index (χ2n) is 8.15. The molecule has 1 heterocycles. The predicted octanol–water partition coefficient (Wildman–Crippen LogP) is 5.09. The maximum absolute atomic E-state index is 13.1. The number of carbonyl (C=O) groups is 1. The van der Waals surface area contributed by atoms with E-state index in [1.165, 1.54) is 6.20 Å². The normalized spacial score (nSPS) is 12.6. The number of pyridine rings is 1. The zero-order valence-electron chi connectivity index (χ0n) is 18.9. The first-order valence-electron chi connectivity index (χ1n) is 10.3. The third kappa shape index (κ3) is 7.64. The summed E-state index contributed by atoms with van der Waals surface area (Å²) in [5, 5.41) is 13.1. The molecule has 5 nitrogen and oxygen atoms in total. The number of halogens is 1. The number of hydrogen-bond donors (Lipinski definition) is 1. The molecular formula is C26H25ClN3O2Y-. The van der Waals surface area contributed by atoms with E-state index >= 15 is 0 Å². The van der Waals surface area contributed by atoms with Crippen LogP contribution in [0.25, 0.3) is 0 Å². The molecular weight excluding hydrogens is 511 g/mol. The molecule has 2 atom stereocenters. The summed E-state index contributed by atoms with van der Waals surface area (Å²) in [5.74, 6) is 0.0434. The minimum Gasteiger partial charge on any atom is -0.478 e. The summed E-state index contributed by atoms with van der Waals surface area (Å²) in [6.45, 7) is 5.37. The summed E-state index contributed by atoms with van der Waals surface area (Å²) in [4.78, 5) is 17.2. The van der Waals surface area contributed by atoms with Crippen molar-refractivity contribution in [3.05, 3.63) is 94.6 Å². The molecule has 7 heteroatoms. The van der Waals surface area contributed by atoms with Crippen molar-refractivity contribution in [1.29, 1.82) is 5.26 Å². The molecule has 1 radical (unpaired) electrons. The van der Waals surface area contributed by atoms with Crippen LogP contribution in [0, 0.1) is 17.4 Å². The fourth-order valence-electron chi connectivity index (χ4n) is 3.45. The van der Waals surface area contributed by atoms with Gasteiger partial charge in [-0.2, -0.15) is 5.26 Å². The molecule has 1 amide bonds. The number of benzene rings is 2. The average Bonchev–Trinajstić information content (AvgIpc) is 2.79. The quantitative estimate of drug-likeness (QED) is 0.408. The van der Waals surface area contributed by atoms with Crippen molar-refractivity contribution in [1.82, 2.24) is 10.3 Å². The predicted molar refractivity (Wildman–Crippen MR) is 124 cm³/mol. The molecule has 0 saturated carbocycles. The first kappa shape index (κ1) is 27.0. The number of nitrogens with one attached hydrogen (secondary N) is 1. The van der Waals surface area contributed by atoms with Crippen LogP contribution in [0.4, 0.5) is 0 Å². The van der Waals surface area contributed by atoms with Gasteiger partial charge >= 0.3 is 0 Å². The van der Waals surface area contributed by atoms with Gasteiger partial charge in [0.05, 0.1) is 11.6 Å². The molecule has 0 aliphatic carbocycles. The fourth-order valence-corrected chi connectivity index (χ4v) is 3.58. The van der Waals surface area contributed by atoms with Crippen molar-refractivity contribution in [3.8, 4) is 11.9 Å². The SMILES string of the molecule is CC(NC(=O)C(C)(C)Oc1cc[c-]cn1)C(Cc1ccc(Cl)cc1)c1cccc(C#N)c1.[Y]. The second-order valence-corrected chi connectivity index (χ2v) is 8.58. The Bertz CT molecular complexity index is 1100. The van der Waals surface area contributed by atoms with E-state index in [4.69, 9.17) is 16.3 Å². The molecule has 1 N–H and O–H groups in total. The van der Waals surface area contributed by atoms with E-state index in [2.05, 4.69) is 22.4 Å². The molecule has 0 fully saturated rings. The van der Waals surface area contributed by atoms with Gasteiger partial charge < -0.3 is 10.1 Å². The van der Waals surface area contributed by atoms with Crippen molar-refractivity contribution in [3.63, 3.8) is 0 Å². The first-order valence-corrected chi connectivity index (χ1v) is 10.7. The van der Waals surface area contributed by atoms with Gasteiger partial charge in [0.15, 0.2) is 5.60 Å². The third-order valence-corrected chi connectivity index (χ3v) is 5.52. The molecule has 3 rings (SSSR count). The van der Waals surface area contributed by atoms with E-state index in [-0.39, 0.29) is 50.6 Å². The van der Waals surface area contributed by atoms with E-state index < -0.39 is 5.60 Å². The van der Waals surface area contributed by atoms with Crippen LogP contribution in [-0.4, -0.2) is 22.5 Å². The molecule has 0 bridgehead atoms. The van der Waals surface area contributed by atoms with E-state index in [0.717, 1.165) is 11.1 Å². The van der Waals surface area contributed by atoms with Crippen LogP contribution in [0.3, 0.4) is 0 Å². The molecule has 3 aromatic rings. The standard InChI is InChI=1S/C26H25ClN3O2.Y/c1-18(30-25(31)26(2,3)32-24-9-4-5-14-29-24)23(16-19-10-12-22(27)13-11-19)21-8-6-7-20(15-21)17-28;/h4,6-15,18,23H,16H2,1-3H3,(H,30,31);/q-1;. The molecule has 167 valence electrons. The summed E-state index contributed by atoms with van der Waals surface area (Å²) >= 11 is 6.04. The van der Waals surface area contributed by atoms with Crippen LogP contribution in [0.5, 0.6) is 5.88 Å². The Morgan fingerprint density at radius 3 is 2.61 bits per heavy atom. The smallest absolute Gasteiger partial charge is 0.263 e. The zero-order valence-corrected chi connectivity index (χ0v) is 22.5. The van der Waals surface area contributed by atoms with Crippen LogP contribution < -0.4 is 10.1 Å². The van der Waals surface area contributed by atoms with Gasteiger partial charge in [-0.1, -0.05) is 42.1 Å². The maximum Gasteiger partial charge on any atom is 0.263 e. The van der Waals surface area contributed by atoms with Gasteiger partial charge in [-0.05, 0) is 62.6 Å². The Balaban J connectivity index is 0.00000385. The summed E-state index contributed by atoms with van der Waals surface area (Å²) in [6, 6.07) is 23.3. The number of nitriles is 1. The topological polar surface area (TPSA) is 75.0 Å². The van der Waals surface area contributed by atoms with Crippen molar-refractivity contribution in [2.24, 2.45) is 0 Å². The molecule has 0 saturated heterocycles. The Morgan fingerprint density at radius 2 is 1.97 bits per heavy atom. The largest absolute Gasteiger partial charge is 0.478 e. The number of hydrogen-bond acceptors (Lipinski definition) is 4. The number of carbonyl (C=O) groups excluding carboxylic acids is 1. The molecule has 0 aliphatic heterocycles. The maximum atomic E-state index is 13.1. The van der Waals surface area contributed by atoms with Gasteiger partial charge in [0.1, 0.15) is 5.88 Å².